The molecule has 3 rings (SSSR count). The van der Waals surface area contributed by atoms with Crippen LogP contribution in [0.1, 0.15) is 12.2 Å². The predicted octanol–water partition coefficient (Wildman–Crippen LogP) is 3.07. The third-order valence-electron chi connectivity index (χ3n) is 2.93. The molecule has 0 aliphatic carbocycles. The van der Waals surface area contributed by atoms with E-state index in [0.717, 1.165) is 4.40 Å². The zero-order valence-corrected chi connectivity index (χ0v) is 11.7. The van der Waals surface area contributed by atoms with E-state index in [0.29, 0.717) is 5.56 Å². The highest BCUT2D eigenvalue weighted by Crippen LogP contribution is 2.23. The molecule has 0 atom stereocenters. The van der Waals surface area contributed by atoms with Gasteiger partial charge in [0.2, 0.25) is 11.7 Å². The lowest BCUT2D eigenvalue weighted by atomic mass is 10.2. The van der Waals surface area contributed by atoms with Crippen molar-refractivity contribution in [2.24, 2.45) is 0 Å². The van der Waals surface area contributed by atoms with Crippen molar-refractivity contribution in [1.29, 1.82) is 0 Å². The molecule has 0 N–H and O–H groups in total. The fraction of sp³-hybridized carbons (Fsp3) is 0.231. The topological polar surface area (TPSA) is 65.2 Å². The van der Waals surface area contributed by atoms with E-state index in [9.17, 15) is 22.0 Å². The number of pyridine rings is 1. The Morgan fingerprint density at radius 1 is 1.08 bits per heavy atom. The van der Waals surface area contributed by atoms with E-state index in [1.165, 1.54) is 30.7 Å². The predicted molar refractivity (Wildman–Crippen MR) is 70.5 cm³/mol. The van der Waals surface area contributed by atoms with Crippen molar-refractivity contribution in [2.75, 3.05) is 6.61 Å². The summed E-state index contributed by atoms with van der Waals surface area (Å²) in [6, 6.07) is 2.65. The Hall–Kier alpha value is -2.85. The molecule has 11 heteroatoms. The molecule has 0 saturated heterocycles. The first kappa shape index (κ1) is 16.0. The highest BCUT2D eigenvalue weighted by molar-refractivity contribution is 5.58. The van der Waals surface area contributed by atoms with Crippen LogP contribution in [-0.2, 0) is 0 Å². The first-order valence-corrected chi connectivity index (χ1v) is 6.48. The van der Waals surface area contributed by atoms with Crippen LogP contribution in [0.25, 0.3) is 16.9 Å². The van der Waals surface area contributed by atoms with Gasteiger partial charge in [0.25, 0.3) is 6.43 Å². The number of rotatable bonds is 4. The second-order valence-electron chi connectivity index (χ2n) is 4.65. The highest BCUT2D eigenvalue weighted by atomic mass is 19.4. The van der Waals surface area contributed by atoms with Crippen molar-refractivity contribution < 1.29 is 26.7 Å². The molecule has 0 saturated carbocycles. The quantitative estimate of drug-likeness (QED) is 0.680. The summed E-state index contributed by atoms with van der Waals surface area (Å²) < 4.78 is 67.4. The van der Waals surface area contributed by atoms with Gasteiger partial charge in [0.05, 0.1) is 11.9 Å². The molecule has 24 heavy (non-hydrogen) atoms. The zero-order chi connectivity index (χ0) is 17.3. The fourth-order valence-corrected chi connectivity index (χ4v) is 1.89. The first-order chi connectivity index (χ1) is 11.3. The van der Waals surface area contributed by atoms with E-state index in [4.69, 9.17) is 0 Å². The van der Waals surface area contributed by atoms with Crippen LogP contribution in [0.5, 0.6) is 5.88 Å². The lowest BCUT2D eigenvalue weighted by Crippen LogP contribution is -2.19. The Morgan fingerprint density at radius 3 is 2.50 bits per heavy atom. The molecule has 0 spiro atoms. The van der Waals surface area contributed by atoms with Crippen LogP contribution in [0, 0.1) is 0 Å². The maximum Gasteiger partial charge on any atom is 0.422 e. The standard InChI is InChI=1S/C13H8F5N5O/c14-11(15)12-22-21-9-4-19-8(5-23(9)12)7-1-2-10(20-3-7)24-6-13(16,17)18/h1-5,11H,6H2. The minimum atomic E-state index is -4.47. The summed E-state index contributed by atoms with van der Waals surface area (Å²) in [7, 11) is 0. The monoisotopic (exact) mass is 345 g/mol. The van der Waals surface area contributed by atoms with Gasteiger partial charge in [0, 0.05) is 24.0 Å². The van der Waals surface area contributed by atoms with E-state index in [2.05, 4.69) is 24.9 Å². The molecule has 0 radical (unpaired) electrons. The third-order valence-corrected chi connectivity index (χ3v) is 2.93. The smallest absolute Gasteiger partial charge is 0.422 e. The number of fused-ring (bicyclic) bond motifs is 1. The average Bonchev–Trinajstić information content (AvgIpc) is 2.96. The van der Waals surface area contributed by atoms with Gasteiger partial charge >= 0.3 is 6.18 Å². The molecule has 0 fully saturated rings. The van der Waals surface area contributed by atoms with Crippen LogP contribution in [0.3, 0.4) is 0 Å². The van der Waals surface area contributed by atoms with E-state index in [1.54, 1.807) is 0 Å². The summed E-state index contributed by atoms with van der Waals surface area (Å²) in [4.78, 5) is 7.77. The molecule has 0 aliphatic rings. The summed E-state index contributed by atoms with van der Waals surface area (Å²) in [5.74, 6) is -0.749. The summed E-state index contributed by atoms with van der Waals surface area (Å²) in [6.45, 7) is -1.46. The number of alkyl halides is 5. The van der Waals surface area contributed by atoms with Crippen molar-refractivity contribution in [3.63, 3.8) is 0 Å². The molecule has 0 aliphatic heterocycles. The van der Waals surface area contributed by atoms with Crippen LogP contribution in [0.4, 0.5) is 22.0 Å². The van der Waals surface area contributed by atoms with Crippen molar-refractivity contribution in [2.45, 2.75) is 12.6 Å². The van der Waals surface area contributed by atoms with Gasteiger partial charge in [-0.2, -0.15) is 13.2 Å². The van der Waals surface area contributed by atoms with Gasteiger partial charge in [-0.3, -0.25) is 9.38 Å². The van der Waals surface area contributed by atoms with Crippen LogP contribution >= 0.6 is 0 Å². The van der Waals surface area contributed by atoms with Gasteiger partial charge in [0.15, 0.2) is 12.3 Å². The van der Waals surface area contributed by atoms with Gasteiger partial charge in [-0.15, -0.1) is 10.2 Å². The van der Waals surface area contributed by atoms with Gasteiger partial charge in [-0.05, 0) is 6.07 Å². The van der Waals surface area contributed by atoms with Crippen molar-refractivity contribution >= 4 is 5.65 Å². The van der Waals surface area contributed by atoms with Gasteiger partial charge in [-0.25, -0.2) is 13.8 Å². The van der Waals surface area contributed by atoms with E-state index >= 15 is 0 Å². The van der Waals surface area contributed by atoms with Gasteiger partial charge in [0.1, 0.15) is 0 Å². The number of halogens is 5. The van der Waals surface area contributed by atoms with Crippen molar-refractivity contribution in [3.8, 4) is 17.1 Å². The Morgan fingerprint density at radius 2 is 1.88 bits per heavy atom. The molecular weight excluding hydrogens is 337 g/mol. The number of nitrogens with zero attached hydrogens (tertiary/aromatic N) is 5. The van der Waals surface area contributed by atoms with E-state index in [-0.39, 0.29) is 17.2 Å². The molecular formula is C13H8F5N5O. The normalized spacial score (nSPS) is 12.1. The molecule has 0 aromatic carbocycles. The van der Waals surface area contributed by atoms with Crippen LogP contribution in [0.15, 0.2) is 30.7 Å². The minimum absolute atomic E-state index is 0.145. The summed E-state index contributed by atoms with van der Waals surface area (Å²) in [5.41, 5.74) is 0.830. The molecule has 0 amide bonds. The molecule has 0 bridgehead atoms. The number of hydrogen-bond acceptors (Lipinski definition) is 5. The van der Waals surface area contributed by atoms with E-state index < -0.39 is 25.0 Å². The Labute approximate surface area is 130 Å². The number of hydrogen-bond donors (Lipinski definition) is 0. The van der Waals surface area contributed by atoms with E-state index in [1.807, 2.05) is 0 Å². The Kier molecular flexibility index (Phi) is 3.99. The number of aromatic nitrogens is 5. The van der Waals surface area contributed by atoms with Crippen molar-refractivity contribution in [1.82, 2.24) is 24.6 Å². The summed E-state index contributed by atoms with van der Waals surface area (Å²) >= 11 is 0. The SMILES string of the molecule is FC(F)c1nnc2cnc(-c3ccc(OCC(F)(F)F)nc3)cn12. The van der Waals surface area contributed by atoms with Gasteiger partial charge < -0.3 is 4.74 Å². The molecule has 3 heterocycles. The largest absolute Gasteiger partial charge is 0.468 e. The summed E-state index contributed by atoms with van der Waals surface area (Å²) in [6.07, 6.45) is -3.50. The Bertz CT molecular complexity index is 846. The van der Waals surface area contributed by atoms with Crippen LogP contribution in [0.2, 0.25) is 0 Å². The summed E-state index contributed by atoms with van der Waals surface area (Å²) in [5, 5.41) is 6.94. The molecule has 3 aromatic rings. The highest BCUT2D eigenvalue weighted by Gasteiger charge is 2.28. The molecule has 3 aromatic heterocycles. The Balaban J connectivity index is 1.86. The average molecular weight is 345 g/mol. The lowest BCUT2D eigenvalue weighted by Gasteiger charge is -2.08. The second kappa shape index (κ2) is 5.98. The first-order valence-electron chi connectivity index (χ1n) is 6.48. The minimum Gasteiger partial charge on any atom is -0.468 e. The maximum atomic E-state index is 12.8. The second-order valence-corrected chi connectivity index (χ2v) is 4.65. The molecule has 6 nitrogen and oxygen atoms in total. The maximum absolute atomic E-state index is 12.8. The zero-order valence-electron chi connectivity index (χ0n) is 11.7. The van der Waals surface area contributed by atoms with Crippen LogP contribution < -0.4 is 4.74 Å². The van der Waals surface area contributed by atoms with Crippen LogP contribution in [-0.4, -0.2) is 37.3 Å². The molecule has 0 unspecified atom stereocenters. The molecule has 126 valence electrons. The van der Waals surface area contributed by atoms with Gasteiger partial charge in [-0.1, -0.05) is 0 Å². The third kappa shape index (κ3) is 3.39. The lowest BCUT2D eigenvalue weighted by molar-refractivity contribution is -0.154. The number of ether oxygens (including phenoxy) is 1. The van der Waals surface area contributed by atoms with Crippen molar-refractivity contribution in [3.05, 3.63) is 36.5 Å². The fourth-order valence-electron chi connectivity index (χ4n) is 1.89.